The molecule has 0 aliphatic heterocycles. The topological polar surface area (TPSA) is 108 Å². The largest absolute Gasteiger partial charge is 0.756 e. The molecular weight excluding hydrogens is 852 g/mol. The lowest BCUT2D eigenvalue weighted by atomic mass is 10.0. The summed E-state index contributed by atoms with van der Waals surface area (Å²) < 4.78 is 23.1. The highest BCUT2D eigenvalue weighted by molar-refractivity contribution is 7.45. The van der Waals surface area contributed by atoms with E-state index in [4.69, 9.17) is 9.05 Å². The molecule has 1 amide bonds. The summed E-state index contributed by atoms with van der Waals surface area (Å²) in [5.74, 6) is -0.173. The molecule has 0 aromatic carbocycles. The number of amides is 1. The van der Waals surface area contributed by atoms with E-state index in [1.165, 1.54) is 128 Å². The van der Waals surface area contributed by atoms with Crippen molar-refractivity contribution in [2.75, 3.05) is 40.9 Å². The van der Waals surface area contributed by atoms with Crippen LogP contribution in [0.15, 0.2) is 72.9 Å². The van der Waals surface area contributed by atoms with Gasteiger partial charge in [-0.05, 0) is 64.2 Å². The predicted octanol–water partition coefficient (Wildman–Crippen LogP) is 16.1. The molecule has 0 aromatic heterocycles. The van der Waals surface area contributed by atoms with Gasteiger partial charge in [0.15, 0.2) is 0 Å². The molecule has 3 atom stereocenters. The second-order valence-electron chi connectivity index (χ2n) is 19.9. The molecule has 2 N–H and O–H groups in total. The minimum absolute atomic E-state index is 0.0108. The summed E-state index contributed by atoms with van der Waals surface area (Å²) in [5, 5.41) is 13.7. The van der Waals surface area contributed by atoms with Gasteiger partial charge in [0, 0.05) is 6.42 Å². The Bertz CT molecular complexity index is 1320. The van der Waals surface area contributed by atoms with E-state index in [1.807, 2.05) is 21.1 Å². The van der Waals surface area contributed by atoms with Crippen LogP contribution in [0.2, 0.25) is 0 Å². The molecule has 0 radical (unpaired) electrons. The number of unbranched alkanes of at least 4 members (excludes halogenated alkanes) is 25. The Balaban J connectivity index is 3.67. The van der Waals surface area contributed by atoms with Gasteiger partial charge in [0.2, 0.25) is 5.91 Å². The van der Waals surface area contributed by atoms with Gasteiger partial charge in [-0.2, -0.15) is 0 Å². The van der Waals surface area contributed by atoms with Gasteiger partial charge in [-0.15, -0.1) is 0 Å². The Labute approximate surface area is 414 Å². The van der Waals surface area contributed by atoms with Crippen LogP contribution >= 0.6 is 7.82 Å². The normalized spacial score (nSPS) is 14.6. The third kappa shape index (κ3) is 51.6. The number of allylic oxidation sites excluding steroid dienone is 12. The molecule has 3 unspecified atom stereocenters. The van der Waals surface area contributed by atoms with E-state index in [1.54, 1.807) is 0 Å². The fraction of sp³-hybridized carbons (Fsp3) is 0.776. The molecule has 0 aromatic rings. The first-order valence-electron chi connectivity index (χ1n) is 27.8. The molecule has 0 heterocycles. The smallest absolute Gasteiger partial charge is 0.268 e. The van der Waals surface area contributed by atoms with Crippen LogP contribution in [0.3, 0.4) is 0 Å². The molecule has 0 aliphatic rings. The monoisotopic (exact) mass is 959 g/mol. The number of hydrogen-bond acceptors (Lipinski definition) is 6. The molecular formula is C58H107N2O6P. The van der Waals surface area contributed by atoms with Gasteiger partial charge in [-0.25, -0.2) is 0 Å². The van der Waals surface area contributed by atoms with Crippen molar-refractivity contribution in [1.82, 2.24) is 5.32 Å². The van der Waals surface area contributed by atoms with E-state index in [0.29, 0.717) is 23.9 Å². The second-order valence-corrected chi connectivity index (χ2v) is 21.3. The van der Waals surface area contributed by atoms with Crippen LogP contribution in [0.25, 0.3) is 0 Å². The van der Waals surface area contributed by atoms with Crippen molar-refractivity contribution in [3.05, 3.63) is 72.9 Å². The summed E-state index contributed by atoms with van der Waals surface area (Å²) in [6.45, 7) is 4.48. The van der Waals surface area contributed by atoms with E-state index in [-0.39, 0.29) is 19.1 Å². The maximum Gasteiger partial charge on any atom is 0.268 e. The number of carbonyl (C=O) groups excluding carboxylic acids is 1. The van der Waals surface area contributed by atoms with Crippen LogP contribution in [-0.2, 0) is 18.4 Å². The van der Waals surface area contributed by atoms with Crippen LogP contribution in [-0.4, -0.2) is 68.5 Å². The van der Waals surface area contributed by atoms with Gasteiger partial charge in [-0.1, -0.05) is 241 Å². The van der Waals surface area contributed by atoms with Gasteiger partial charge in [-0.3, -0.25) is 9.36 Å². The van der Waals surface area contributed by atoms with E-state index in [9.17, 15) is 19.4 Å². The number of aliphatic hydroxyl groups is 1. The van der Waals surface area contributed by atoms with Gasteiger partial charge in [0.1, 0.15) is 13.2 Å². The quantitative estimate of drug-likeness (QED) is 0.0272. The van der Waals surface area contributed by atoms with Gasteiger partial charge in [0.25, 0.3) is 7.82 Å². The summed E-state index contributed by atoms with van der Waals surface area (Å²) in [6, 6.07) is -0.796. The van der Waals surface area contributed by atoms with E-state index in [2.05, 4.69) is 92.1 Å². The first kappa shape index (κ1) is 64.9. The molecule has 9 heteroatoms. The highest BCUT2D eigenvalue weighted by Gasteiger charge is 2.24. The highest BCUT2D eigenvalue weighted by atomic mass is 31.2. The average molecular weight is 959 g/mol. The van der Waals surface area contributed by atoms with E-state index < -0.39 is 20.0 Å². The number of carbonyl (C=O) groups is 1. The zero-order valence-corrected chi connectivity index (χ0v) is 45.2. The van der Waals surface area contributed by atoms with Gasteiger partial charge < -0.3 is 28.8 Å². The van der Waals surface area contributed by atoms with Crippen molar-refractivity contribution in [2.45, 2.75) is 251 Å². The van der Waals surface area contributed by atoms with Crippen molar-refractivity contribution in [3.63, 3.8) is 0 Å². The first-order chi connectivity index (χ1) is 32.5. The van der Waals surface area contributed by atoms with Crippen molar-refractivity contribution in [2.24, 2.45) is 0 Å². The van der Waals surface area contributed by atoms with Crippen LogP contribution in [0, 0.1) is 0 Å². The Kier molecular flexibility index (Phi) is 47.4. The molecule has 0 spiro atoms. The molecule has 0 aliphatic carbocycles. The third-order valence-corrected chi connectivity index (χ3v) is 13.2. The lowest BCUT2D eigenvalue weighted by Gasteiger charge is -2.30. The summed E-state index contributed by atoms with van der Waals surface area (Å²) in [6.07, 6.45) is 67.5. The van der Waals surface area contributed by atoms with Gasteiger partial charge in [0.05, 0.1) is 39.9 Å². The number of hydrogen-bond donors (Lipinski definition) is 2. The van der Waals surface area contributed by atoms with Crippen molar-refractivity contribution in [3.8, 4) is 0 Å². The zero-order valence-electron chi connectivity index (χ0n) is 44.3. The van der Waals surface area contributed by atoms with Crippen molar-refractivity contribution < 1.29 is 32.9 Å². The number of phosphoric ester groups is 1. The fourth-order valence-corrected chi connectivity index (χ4v) is 8.59. The van der Waals surface area contributed by atoms with Crippen LogP contribution in [0.4, 0.5) is 0 Å². The van der Waals surface area contributed by atoms with Gasteiger partial charge >= 0.3 is 0 Å². The Hall–Kier alpha value is -2.06. The molecule has 8 nitrogen and oxygen atoms in total. The maximum absolute atomic E-state index is 12.8. The van der Waals surface area contributed by atoms with Crippen LogP contribution < -0.4 is 10.2 Å². The van der Waals surface area contributed by atoms with Crippen LogP contribution in [0.1, 0.15) is 239 Å². The number of aliphatic hydroxyl groups excluding tert-OH is 1. The molecule has 0 fully saturated rings. The average Bonchev–Trinajstić information content (AvgIpc) is 3.29. The van der Waals surface area contributed by atoms with Crippen LogP contribution in [0.5, 0.6) is 0 Å². The third-order valence-electron chi connectivity index (χ3n) is 12.2. The minimum Gasteiger partial charge on any atom is -0.756 e. The number of likely N-dealkylation sites (N-methyl/N-ethyl adjacent to an activating group) is 1. The summed E-state index contributed by atoms with van der Waals surface area (Å²) in [4.78, 5) is 25.1. The fourth-order valence-electron chi connectivity index (χ4n) is 7.87. The van der Waals surface area contributed by atoms with Crippen molar-refractivity contribution >= 4 is 13.7 Å². The highest BCUT2D eigenvalue weighted by Crippen LogP contribution is 2.38. The zero-order chi connectivity index (χ0) is 49.2. The summed E-state index contributed by atoms with van der Waals surface area (Å²) >= 11 is 0. The lowest BCUT2D eigenvalue weighted by Crippen LogP contribution is -2.46. The molecule has 0 rings (SSSR count). The van der Waals surface area contributed by atoms with E-state index in [0.717, 1.165) is 83.5 Å². The number of rotatable bonds is 50. The summed E-state index contributed by atoms with van der Waals surface area (Å²) in [5.41, 5.74) is 0. The maximum atomic E-state index is 12.8. The number of quaternary nitrogens is 1. The summed E-state index contributed by atoms with van der Waals surface area (Å²) in [7, 11) is 1.30. The number of nitrogens with one attached hydrogen (secondary N) is 1. The Morgan fingerprint density at radius 1 is 0.537 bits per heavy atom. The number of nitrogens with zero attached hydrogens (tertiary/aromatic N) is 1. The predicted molar refractivity (Wildman–Crippen MR) is 288 cm³/mol. The molecule has 0 saturated carbocycles. The SMILES string of the molecule is CC/C=C\C/C=C\C/C=C\C/C=C\C/C=C\C/C=C\CCCCCCCCCCCCCCCCCCCCCCCCC(=O)NC(COP(=O)([O-])OCC[N+](C)(C)C)C(O)CCCCCC. The molecule has 67 heavy (non-hydrogen) atoms. The molecule has 0 saturated heterocycles. The first-order valence-corrected chi connectivity index (χ1v) is 29.2. The minimum atomic E-state index is -4.55. The van der Waals surface area contributed by atoms with Crippen molar-refractivity contribution in [1.29, 1.82) is 0 Å². The Morgan fingerprint density at radius 3 is 1.31 bits per heavy atom. The Morgan fingerprint density at radius 2 is 0.910 bits per heavy atom. The number of phosphoric acid groups is 1. The van der Waals surface area contributed by atoms with E-state index >= 15 is 0 Å². The molecule has 0 bridgehead atoms. The lowest BCUT2D eigenvalue weighted by molar-refractivity contribution is -0.870. The second kappa shape index (κ2) is 48.9. The standard InChI is InChI=1S/C58H107N2O6P/c1-6-8-10-12-13-14-15-16-17-18-19-20-21-22-23-24-25-26-27-28-29-30-31-32-33-34-35-36-37-38-39-40-41-42-43-44-45-46-47-48-50-52-58(62)59-56(57(61)51-49-11-9-7-2)55-66-67(63,64)65-54-53-60(3,4)5/h8,10,13-14,16-17,19-20,22-23,25-26,56-57,61H,6-7,9,11-12,15,18,21,24,27-55H2,1-5H3,(H-,59,62,63,64)/b10-8-,14-13-,17-16-,20-19-,23-22-,26-25-. The molecule has 390 valence electrons.